The summed E-state index contributed by atoms with van der Waals surface area (Å²) in [5.41, 5.74) is 1.64. The molecule has 13 heavy (non-hydrogen) atoms. The molecule has 0 aliphatic carbocycles. The SMILES string of the molecule is CC1(C)NCCC1c1ccncc1. The molecule has 0 radical (unpaired) electrons. The second-order valence-corrected chi connectivity index (χ2v) is 4.27. The second kappa shape index (κ2) is 3.11. The first-order valence-corrected chi connectivity index (χ1v) is 4.85. The van der Waals surface area contributed by atoms with Crippen LogP contribution in [0.5, 0.6) is 0 Å². The van der Waals surface area contributed by atoms with Crippen LogP contribution in [-0.2, 0) is 0 Å². The van der Waals surface area contributed by atoms with Crippen LogP contribution < -0.4 is 5.32 Å². The van der Waals surface area contributed by atoms with Gasteiger partial charge >= 0.3 is 0 Å². The Morgan fingerprint density at radius 1 is 1.38 bits per heavy atom. The van der Waals surface area contributed by atoms with Gasteiger partial charge in [-0.1, -0.05) is 0 Å². The molecule has 0 amide bonds. The predicted molar refractivity (Wildman–Crippen MR) is 53.7 cm³/mol. The summed E-state index contributed by atoms with van der Waals surface area (Å²) in [6.07, 6.45) is 4.99. The predicted octanol–water partition coefficient (Wildman–Crippen LogP) is 1.94. The van der Waals surface area contributed by atoms with Crippen LogP contribution in [0.1, 0.15) is 31.7 Å². The molecule has 70 valence electrons. The quantitative estimate of drug-likeness (QED) is 0.707. The fourth-order valence-corrected chi connectivity index (χ4v) is 2.20. The molecule has 2 nitrogen and oxygen atoms in total. The van der Waals surface area contributed by atoms with Crippen LogP contribution in [-0.4, -0.2) is 17.1 Å². The van der Waals surface area contributed by atoms with Crippen molar-refractivity contribution in [2.24, 2.45) is 0 Å². The van der Waals surface area contributed by atoms with E-state index < -0.39 is 0 Å². The van der Waals surface area contributed by atoms with Crippen molar-refractivity contribution in [3.8, 4) is 0 Å². The Labute approximate surface area is 79.4 Å². The zero-order valence-corrected chi connectivity index (χ0v) is 8.25. The van der Waals surface area contributed by atoms with Crippen molar-refractivity contribution in [1.29, 1.82) is 0 Å². The number of hydrogen-bond donors (Lipinski definition) is 1. The van der Waals surface area contributed by atoms with Gasteiger partial charge in [0.15, 0.2) is 0 Å². The number of aromatic nitrogens is 1. The summed E-state index contributed by atoms with van der Waals surface area (Å²) in [4.78, 5) is 4.04. The van der Waals surface area contributed by atoms with Gasteiger partial charge in [-0.05, 0) is 44.5 Å². The molecule has 1 aromatic heterocycles. The summed E-state index contributed by atoms with van der Waals surface area (Å²) in [6, 6.07) is 4.25. The summed E-state index contributed by atoms with van der Waals surface area (Å²) in [7, 11) is 0. The van der Waals surface area contributed by atoms with Gasteiger partial charge in [-0.15, -0.1) is 0 Å². The van der Waals surface area contributed by atoms with E-state index in [1.54, 1.807) is 0 Å². The molecule has 1 N–H and O–H groups in total. The Hall–Kier alpha value is -0.890. The van der Waals surface area contributed by atoms with Crippen molar-refractivity contribution in [2.45, 2.75) is 31.7 Å². The summed E-state index contributed by atoms with van der Waals surface area (Å²) in [5, 5.41) is 3.52. The number of pyridine rings is 1. The number of rotatable bonds is 1. The van der Waals surface area contributed by atoms with Crippen LogP contribution in [0, 0.1) is 0 Å². The molecule has 1 aromatic rings. The van der Waals surface area contributed by atoms with Crippen LogP contribution in [0.25, 0.3) is 0 Å². The molecule has 2 heterocycles. The van der Waals surface area contributed by atoms with E-state index >= 15 is 0 Å². The summed E-state index contributed by atoms with van der Waals surface area (Å²) in [6.45, 7) is 5.66. The van der Waals surface area contributed by atoms with Gasteiger partial charge in [-0.2, -0.15) is 0 Å². The molecule has 2 rings (SSSR count). The second-order valence-electron chi connectivity index (χ2n) is 4.27. The van der Waals surface area contributed by atoms with Gasteiger partial charge in [0.1, 0.15) is 0 Å². The molecule has 1 unspecified atom stereocenters. The lowest BCUT2D eigenvalue weighted by molar-refractivity contribution is 0.411. The average Bonchev–Trinajstić information content (AvgIpc) is 2.47. The van der Waals surface area contributed by atoms with Crippen molar-refractivity contribution < 1.29 is 0 Å². The standard InChI is InChI=1S/C11H16N2/c1-11(2)10(5-8-13-11)9-3-6-12-7-4-9/h3-4,6-7,10,13H,5,8H2,1-2H3. The van der Waals surface area contributed by atoms with Gasteiger partial charge in [-0.25, -0.2) is 0 Å². The van der Waals surface area contributed by atoms with Gasteiger partial charge in [-0.3, -0.25) is 4.98 Å². The van der Waals surface area contributed by atoms with E-state index in [2.05, 4.69) is 36.3 Å². The Bertz CT molecular complexity index is 279. The molecule has 1 saturated heterocycles. The molecule has 0 bridgehead atoms. The van der Waals surface area contributed by atoms with Crippen LogP contribution >= 0.6 is 0 Å². The van der Waals surface area contributed by atoms with Gasteiger partial charge in [0.2, 0.25) is 0 Å². The summed E-state index contributed by atoms with van der Waals surface area (Å²) in [5.74, 6) is 0.635. The van der Waals surface area contributed by atoms with E-state index in [1.807, 2.05) is 12.4 Å². The largest absolute Gasteiger partial charge is 0.311 e. The Morgan fingerprint density at radius 3 is 2.62 bits per heavy atom. The van der Waals surface area contributed by atoms with Crippen molar-refractivity contribution in [3.05, 3.63) is 30.1 Å². The van der Waals surface area contributed by atoms with Crippen molar-refractivity contribution >= 4 is 0 Å². The van der Waals surface area contributed by atoms with Gasteiger partial charge in [0.05, 0.1) is 0 Å². The number of nitrogens with one attached hydrogen (secondary N) is 1. The molecule has 0 saturated carbocycles. The minimum absolute atomic E-state index is 0.237. The van der Waals surface area contributed by atoms with E-state index in [-0.39, 0.29) is 5.54 Å². The highest BCUT2D eigenvalue weighted by Gasteiger charge is 2.34. The Kier molecular flexibility index (Phi) is 2.08. The zero-order valence-electron chi connectivity index (χ0n) is 8.25. The maximum Gasteiger partial charge on any atom is 0.0270 e. The van der Waals surface area contributed by atoms with Crippen molar-refractivity contribution in [1.82, 2.24) is 10.3 Å². The lowest BCUT2D eigenvalue weighted by atomic mass is 9.84. The van der Waals surface area contributed by atoms with E-state index in [4.69, 9.17) is 0 Å². The maximum atomic E-state index is 4.04. The highest BCUT2D eigenvalue weighted by molar-refractivity contribution is 5.22. The van der Waals surface area contributed by atoms with Gasteiger partial charge in [0, 0.05) is 23.9 Å². The molecule has 1 aliphatic heterocycles. The van der Waals surface area contributed by atoms with E-state index in [1.165, 1.54) is 12.0 Å². The minimum atomic E-state index is 0.237. The first-order valence-electron chi connectivity index (χ1n) is 4.85. The third-order valence-electron chi connectivity index (χ3n) is 2.99. The third kappa shape index (κ3) is 1.59. The molecule has 1 fully saturated rings. The van der Waals surface area contributed by atoms with Crippen LogP contribution in [0.3, 0.4) is 0 Å². The lowest BCUT2D eigenvalue weighted by Gasteiger charge is -2.27. The molecule has 2 heteroatoms. The zero-order chi connectivity index (χ0) is 9.31. The highest BCUT2D eigenvalue weighted by atomic mass is 15.0. The van der Waals surface area contributed by atoms with Crippen LogP contribution in [0.15, 0.2) is 24.5 Å². The van der Waals surface area contributed by atoms with Crippen molar-refractivity contribution in [2.75, 3.05) is 6.54 Å². The molecular weight excluding hydrogens is 160 g/mol. The first kappa shape index (κ1) is 8.70. The normalized spacial score (nSPS) is 26.2. The minimum Gasteiger partial charge on any atom is -0.311 e. The van der Waals surface area contributed by atoms with Gasteiger partial charge < -0.3 is 5.32 Å². The van der Waals surface area contributed by atoms with Crippen LogP contribution in [0.4, 0.5) is 0 Å². The number of nitrogens with zero attached hydrogens (tertiary/aromatic N) is 1. The van der Waals surface area contributed by atoms with Crippen LogP contribution in [0.2, 0.25) is 0 Å². The maximum absolute atomic E-state index is 4.04. The molecular formula is C11H16N2. The molecule has 0 aromatic carbocycles. The van der Waals surface area contributed by atoms with E-state index in [0.717, 1.165) is 6.54 Å². The van der Waals surface area contributed by atoms with Crippen molar-refractivity contribution in [3.63, 3.8) is 0 Å². The molecule has 1 aliphatic rings. The average molecular weight is 176 g/mol. The van der Waals surface area contributed by atoms with Gasteiger partial charge in [0.25, 0.3) is 0 Å². The monoisotopic (exact) mass is 176 g/mol. The fraction of sp³-hybridized carbons (Fsp3) is 0.545. The molecule has 0 spiro atoms. The fourth-order valence-electron chi connectivity index (χ4n) is 2.20. The molecule has 1 atom stereocenters. The smallest absolute Gasteiger partial charge is 0.0270 e. The lowest BCUT2D eigenvalue weighted by Crippen LogP contribution is -2.36. The van der Waals surface area contributed by atoms with E-state index in [9.17, 15) is 0 Å². The van der Waals surface area contributed by atoms with E-state index in [0.29, 0.717) is 5.92 Å². The third-order valence-corrected chi connectivity index (χ3v) is 2.99. The number of hydrogen-bond acceptors (Lipinski definition) is 2. The summed E-state index contributed by atoms with van der Waals surface area (Å²) >= 11 is 0. The first-order chi connectivity index (χ1) is 6.20. The topological polar surface area (TPSA) is 24.9 Å². The highest BCUT2D eigenvalue weighted by Crippen LogP contribution is 2.34. The summed E-state index contributed by atoms with van der Waals surface area (Å²) < 4.78 is 0. The Morgan fingerprint density at radius 2 is 2.08 bits per heavy atom. The Balaban J connectivity index is 2.27.